The topological polar surface area (TPSA) is 87.9 Å². The molecule has 2 rings (SSSR count). The third-order valence-electron chi connectivity index (χ3n) is 3.62. The van der Waals surface area contributed by atoms with Gasteiger partial charge in [-0.1, -0.05) is 0 Å². The summed E-state index contributed by atoms with van der Waals surface area (Å²) in [5, 5.41) is 24.1. The Morgan fingerprint density at radius 2 is 2.05 bits per heavy atom. The van der Waals surface area contributed by atoms with Crippen LogP contribution in [0.5, 0.6) is 11.5 Å². The van der Waals surface area contributed by atoms with Crippen LogP contribution >= 0.6 is 0 Å². The minimum atomic E-state index is -2.80. The number of piperazine rings is 1. The number of phenols is 1. The van der Waals surface area contributed by atoms with Crippen molar-refractivity contribution in [2.24, 2.45) is 0 Å². The van der Waals surface area contributed by atoms with Crippen molar-refractivity contribution in [3.63, 3.8) is 0 Å². The highest BCUT2D eigenvalue weighted by Crippen LogP contribution is 2.41. The van der Waals surface area contributed by atoms with E-state index in [1.54, 1.807) is 0 Å². The van der Waals surface area contributed by atoms with Gasteiger partial charge in [0.15, 0.2) is 11.5 Å². The Kier molecular flexibility index (Phi) is 5.09. The smallest absolute Gasteiger partial charge is 0.273 e. The van der Waals surface area contributed by atoms with Crippen molar-refractivity contribution in [3.05, 3.63) is 27.8 Å². The van der Waals surface area contributed by atoms with Crippen LogP contribution in [0.4, 0.5) is 14.5 Å². The molecule has 1 aromatic rings. The number of nitro groups is 1. The number of hydrogen-bond acceptors (Lipinski definition) is 6. The van der Waals surface area contributed by atoms with E-state index in [1.165, 1.54) is 12.0 Å². The standard InChI is InChI=1S/C13H17F2N3O4/c1-22-10-7-8(18(20)21)6-9(12(10)19)11(13(14)15)17-4-2-16-3-5-17/h6-7,11,13,16,19H,2-5H2,1H3/t11-/m0/s1. The summed E-state index contributed by atoms with van der Waals surface area (Å²) in [4.78, 5) is 11.8. The van der Waals surface area contributed by atoms with Crippen molar-refractivity contribution in [1.82, 2.24) is 10.2 Å². The van der Waals surface area contributed by atoms with Crippen molar-refractivity contribution in [1.29, 1.82) is 0 Å². The average molecular weight is 317 g/mol. The molecule has 1 aliphatic rings. The molecule has 0 spiro atoms. The Bertz CT molecular complexity index is 550. The molecular formula is C13H17F2N3O4. The maximum absolute atomic E-state index is 13.5. The van der Waals surface area contributed by atoms with Crippen LogP contribution in [0.15, 0.2) is 12.1 Å². The number of non-ortho nitro benzene ring substituents is 1. The summed E-state index contributed by atoms with van der Waals surface area (Å²) in [5.74, 6) is -0.679. The Labute approximate surface area is 125 Å². The maximum atomic E-state index is 13.5. The predicted molar refractivity (Wildman–Crippen MR) is 74.5 cm³/mol. The molecule has 2 N–H and O–H groups in total. The highest BCUT2D eigenvalue weighted by atomic mass is 19.3. The van der Waals surface area contributed by atoms with E-state index < -0.39 is 28.8 Å². The second-order valence-electron chi connectivity index (χ2n) is 4.91. The summed E-state index contributed by atoms with van der Waals surface area (Å²) < 4.78 is 31.9. The molecule has 1 fully saturated rings. The zero-order chi connectivity index (χ0) is 16.3. The molecule has 0 radical (unpaired) electrons. The first kappa shape index (κ1) is 16.4. The van der Waals surface area contributed by atoms with Crippen LogP contribution in [0.2, 0.25) is 0 Å². The summed E-state index contributed by atoms with van der Waals surface area (Å²) in [6, 6.07) is 0.575. The number of ether oxygens (including phenoxy) is 1. The lowest BCUT2D eigenvalue weighted by atomic mass is 10.0. The number of nitrogens with one attached hydrogen (secondary N) is 1. The van der Waals surface area contributed by atoms with Crippen LogP contribution in [0, 0.1) is 10.1 Å². The number of nitrogens with zero attached hydrogens (tertiary/aromatic N) is 2. The van der Waals surface area contributed by atoms with Gasteiger partial charge in [0.25, 0.3) is 12.1 Å². The summed E-state index contributed by atoms with van der Waals surface area (Å²) in [6.07, 6.45) is -2.80. The van der Waals surface area contributed by atoms with Crippen molar-refractivity contribution in [3.8, 4) is 11.5 Å². The van der Waals surface area contributed by atoms with Crippen LogP contribution in [0.25, 0.3) is 0 Å². The van der Waals surface area contributed by atoms with Crippen LogP contribution in [-0.4, -0.2) is 54.6 Å². The monoisotopic (exact) mass is 317 g/mol. The molecule has 0 aliphatic carbocycles. The molecule has 1 aromatic carbocycles. The molecule has 0 saturated carbocycles. The van der Waals surface area contributed by atoms with Gasteiger partial charge in [0.2, 0.25) is 0 Å². The second kappa shape index (κ2) is 6.84. The fourth-order valence-corrected chi connectivity index (χ4v) is 2.55. The fraction of sp³-hybridized carbons (Fsp3) is 0.538. The van der Waals surface area contributed by atoms with Crippen LogP contribution < -0.4 is 10.1 Å². The van der Waals surface area contributed by atoms with Gasteiger partial charge >= 0.3 is 0 Å². The minimum Gasteiger partial charge on any atom is -0.504 e. The van der Waals surface area contributed by atoms with Crippen LogP contribution in [-0.2, 0) is 0 Å². The van der Waals surface area contributed by atoms with Gasteiger partial charge in [0, 0.05) is 37.8 Å². The molecule has 0 amide bonds. The molecule has 22 heavy (non-hydrogen) atoms. The van der Waals surface area contributed by atoms with E-state index in [1.807, 2.05) is 0 Å². The lowest BCUT2D eigenvalue weighted by Gasteiger charge is -2.34. The summed E-state index contributed by atoms with van der Waals surface area (Å²) in [5.41, 5.74) is -0.589. The van der Waals surface area contributed by atoms with E-state index in [-0.39, 0.29) is 11.3 Å². The van der Waals surface area contributed by atoms with Crippen molar-refractivity contribution >= 4 is 5.69 Å². The van der Waals surface area contributed by atoms with Crippen molar-refractivity contribution in [2.75, 3.05) is 33.3 Å². The number of halogens is 2. The largest absolute Gasteiger partial charge is 0.504 e. The van der Waals surface area contributed by atoms with Crippen molar-refractivity contribution in [2.45, 2.75) is 12.5 Å². The molecule has 0 unspecified atom stereocenters. The number of benzene rings is 1. The van der Waals surface area contributed by atoms with E-state index in [0.29, 0.717) is 26.2 Å². The second-order valence-corrected chi connectivity index (χ2v) is 4.91. The molecule has 1 aliphatic heterocycles. The number of phenolic OH excluding ortho intramolecular Hbond substituents is 1. The lowest BCUT2D eigenvalue weighted by molar-refractivity contribution is -0.385. The molecule has 1 heterocycles. The van der Waals surface area contributed by atoms with Gasteiger partial charge in [-0.15, -0.1) is 0 Å². The fourth-order valence-electron chi connectivity index (χ4n) is 2.55. The number of methoxy groups -OCH3 is 1. The Morgan fingerprint density at radius 3 is 2.55 bits per heavy atom. The molecular weight excluding hydrogens is 300 g/mol. The van der Waals surface area contributed by atoms with Gasteiger partial charge in [-0.3, -0.25) is 15.0 Å². The van der Waals surface area contributed by atoms with Gasteiger partial charge in [-0.2, -0.15) is 0 Å². The molecule has 9 heteroatoms. The molecule has 1 atom stereocenters. The summed E-state index contributed by atoms with van der Waals surface area (Å²) in [7, 11) is 1.21. The van der Waals surface area contributed by atoms with Gasteiger partial charge in [0.05, 0.1) is 18.1 Å². The normalized spacial score (nSPS) is 17.5. The first-order valence-electron chi connectivity index (χ1n) is 6.74. The van der Waals surface area contributed by atoms with E-state index in [2.05, 4.69) is 5.32 Å². The third-order valence-corrected chi connectivity index (χ3v) is 3.62. The van der Waals surface area contributed by atoms with E-state index in [9.17, 15) is 24.0 Å². The number of hydrogen-bond donors (Lipinski definition) is 2. The number of nitro benzene ring substituents is 1. The van der Waals surface area contributed by atoms with Crippen LogP contribution in [0.3, 0.4) is 0 Å². The zero-order valence-electron chi connectivity index (χ0n) is 12.0. The third kappa shape index (κ3) is 3.25. The quantitative estimate of drug-likeness (QED) is 0.632. The molecule has 0 aromatic heterocycles. The highest BCUT2D eigenvalue weighted by molar-refractivity contribution is 5.54. The minimum absolute atomic E-state index is 0.190. The SMILES string of the molecule is COc1cc([N+](=O)[O-])cc([C@@H](C(F)F)N2CCNCC2)c1O. The zero-order valence-corrected chi connectivity index (χ0v) is 12.0. The van der Waals surface area contributed by atoms with E-state index in [4.69, 9.17) is 4.74 Å². The first-order valence-corrected chi connectivity index (χ1v) is 6.74. The predicted octanol–water partition coefficient (Wildman–Crippen LogP) is 1.52. The molecule has 7 nitrogen and oxygen atoms in total. The molecule has 122 valence electrons. The van der Waals surface area contributed by atoms with Crippen LogP contribution in [0.1, 0.15) is 11.6 Å². The van der Waals surface area contributed by atoms with Gasteiger partial charge in [0.1, 0.15) is 6.04 Å². The Balaban J connectivity index is 2.49. The molecule has 1 saturated heterocycles. The van der Waals surface area contributed by atoms with E-state index >= 15 is 0 Å². The Morgan fingerprint density at radius 1 is 1.41 bits per heavy atom. The van der Waals surface area contributed by atoms with Gasteiger partial charge in [-0.25, -0.2) is 8.78 Å². The van der Waals surface area contributed by atoms with E-state index in [0.717, 1.165) is 12.1 Å². The number of rotatable bonds is 5. The lowest BCUT2D eigenvalue weighted by Crippen LogP contribution is -2.46. The van der Waals surface area contributed by atoms with Gasteiger partial charge < -0.3 is 15.2 Å². The first-order chi connectivity index (χ1) is 10.5. The van der Waals surface area contributed by atoms with Crippen molar-refractivity contribution < 1.29 is 23.5 Å². The maximum Gasteiger partial charge on any atom is 0.273 e. The average Bonchev–Trinajstić information content (AvgIpc) is 2.49. The summed E-state index contributed by atoms with van der Waals surface area (Å²) in [6.45, 7) is 1.80. The molecule has 0 bridgehead atoms. The number of alkyl halides is 2. The van der Waals surface area contributed by atoms with Gasteiger partial charge in [-0.05, 0) is 0 Å². The number of aromatic hydroxyl groups is 1. The Hall–Kier alpha value is -2.00. The summed E-state index contributed by atoms with van der Waals surface area (Å²) >= 11 is 0. The highest BCUT2D eigenvalue weighted by Gasteiger charge is 2.34.